The van der Waals surface area contributed by atoms with Crippen molar-refractivity contribution >= 4 is 22.4 Å². The molecule has 2 aromatic carbocycles. The van der Waals surface area contributed by atoms with Gasteiger partial charge in [-0.05, 0) is 49.4 Å². The first-order valence-corrected chi connectivity index (χ1v) is 9.81. The number of para-hydroxylation sites is 1. The van der Waals surface area contributed by atoms with E-state index in [0.717, 1.165) is 11.4 Å². The average Bonchev–Trinajstić information content (AvgIpc) is 3.37. The number of benzene rings is 2. The zero-order chi connectivity index (χ0) is 21.1. The molecule has 1 N–H and O–H groups in total. The molecule has 0 saturated heterocycles. The van der Waals surface area contributed by atoms with Crippen LogP contribution in [0.25, 0.3) is 16.9 Å². The summed E-state index contributed by atoms with van der Waals surface area (Å²) in [5.74, 6) is -0.295. The maximum atomic E-state index is 12.6. The van der Waals surface area contributed by atoms with Gasteiger partial charge in [-0.3, -0.25) is 10.1 Å². The summed E-state index contributed by atoms with van der Waals surface area (Å²) in [4.78, 5) is 16.9. The van der Waals surface area contributed by atoms with Gasteiger partial charge in [0.05, 0.1) is 11.4 Å². The van der Waals surface area contributed by atoms with Crippen molar-refractivity contribution in [3.8, 4) is 22.7 Å². The van der Waals surface area contributed by atoms with E-state index >= 15 is 0 Å². The number of aromatic nitrogens is 3. The van der Waals surface area contributed by atoms with Crippen LogP contribution in [0.5, 0.6) is 5.75 Å². The monoisotopic (exact) mass is 426 g/mol. The Kier molecular flexibility index (Phi) is 5.53. The van der Waals surface area contributed by atoms with Crippen LogP contribution in [0.4, 0.5) is 13.9 Å². The molecule has 0 saturated carbocycles. The third-order valence-electron chi connectivity index (χ3n) is 4.31. The molecule has 0 unspecified atom stereocenters. The summed E-state index contributed by atoms with van der Waals surface area (Å²) in [5.41, 5.74) is 3.16. The minimum Gasteiger partial charge on any atom is -0.434 e. The Morgan fingerprint density at radius 2 is 1.90 bits per heavy atom. The van der Waals surface area contributed by atoms with Crippen LogP contribution in [0.2, 0.25) is 0 Å². The van der Waals surface area contributed by atoms with Crippen molar-refractivity contribution in [3.05, 3.63) is 77.4 Å². The highest BCUT2D eigenvalue weighted by atomic mass is 32.1. The van der Waals surface area contributed by atoms with Crippen LogP contribution < -0.4 is 10.1 Å². The number of carbonyl (C=O) groups is 1. The van der Waals surface area contributed by atoms with E-state index < -0.39 is 6.61 Å². The second kappa shape index (κ2) is 8.42. The molecule has 6 nitrogen and oxygen atoms in total. The zero-order valence-electron chi connectivity index (χ0n) is 15.8. The van der Waals surface area contributed by atoms with Gasteiger partial charge in [0.25, 0.3) is 5.91 Å². The van der Waals surface area contributed by atoms with Crippen molar-refractivity contribution in [2.75, 3.05) is 5.32 Å². The van der Waals surface area contributed by atoms with Gasteiger partial charge in [-0.1, -0.05) is 12.1 Å². The van der Waals surface area contributed by atoms with E-state index in [1.807, 2.05) is 13.0 Å². The Hall–Kier alpha value is -3.59. The van der Waals surface area contributed by atoms with Gasteiger partial charge in [0.15, 0.2) is 5.13 Å². The van der Waals surface area contributed by atoms with Gasteiger partial charge in [-0.2, -0.15) is 13.9 Å². The third kappa shape index (κ3) is 4.20. The number of hydrogen-bond donors (Lipinski definition) is 1. The fourth-order valence-electron chi connectivity index (χ4n) is 2.89. The smallest absolute Gasteiger partial charge is 0.387 e. The molecule has 0 bridgehead atoms. The van der Waals surface area contributed by atoms with E-state index in [4.69, 9.17) is 0 Å². The van der Waals surface area contributed by atoms with Gasteiger partial charge in [-0.25, -0.2) is 9.67 Å². The van der Waals surface area contributed by atoms with E-state index in [1.54, 1.807) is 58.7 Å². The summed E-state index contributed by atoms with van der Waals surface area (Å²) in [5, 5.41) is 9.00. The Morgan fingerprint density at radius 1 is 1.13 bits per heavy atom. The number of anilines is 1. The first kappa shape index (κ1) is 19.7. The number of aryl methyl sites for hydroxylation is 1. The zero-order valence-corrected chi connectivity index (χ0v) is 16.6. The topological polar surface area (TPSA) is 69.0 Å². The summed E-state index contributed by atoms with van der Waals surface area (Å²) in [6.07, 6.45) is 1.71. The van der Waals surface area contributed by atoms with Crippen LogP contribution in [0.1, 0.15) is 16.1 Å². The van der Waals surface area contributed by atoms with E-state index in [0.29, 0.717) is 22.0 Å². The highest BCUT2D eigenvalue weighted by molar-refractivity contribution is 7.14. The Bertz CT molecular complexity index is 1170. The lowest BCUT2D eigenvalue weighted by Gasteiger charge is -2.08. The van der Waals surface area contributed by atoms with Gasteiger partial charge in [0, 0.05) is 28.4 Å². The minimum absolute atomic E-state index is 0.0279. The summed E-state index contributed by atoms with van der Waals surface area (Å²) in [7, 11) is 0. The number of rotatable bonds is 6. The quantitative estimate of drug-likeness (QED) is 0.463. The molecular formula is C21H16F2N4O2S. The molecule has 4 aromatic rings. The van der Waals surface area contributed by atoms with Gasteiger partial charge in [0.2, 0.25) is 0 Å². The van der Waals surface area contributed by atoms with E-state index in [2.05, 4.69) is 20.1 Å². The number of carbonyl (C=O) groups excluding carboxylic acids is 1. The molecule has 9 heteroatoms. The molecule has 0 atom stereocenters. The molecule has 0 radical (unpaired) electrons. The first-order chi connectivity index (χ1) is 14.5. The highest BCUT2D eigenvalue weighted by Crippen LogP contribution is 2.33. The molecular weight excluding hydrogens is 410 g/mol. The molecule has 1 amide bonds. The Labute approximate surface area is 174 Å². The van der Waals surface area contributed by atoms with Crippen molar-refractivity contribution in [2.24, 2.45) is 0 Å². The number of amides is 1. The largest absolute Gasteiger partial charge is 0.434 e. The SMILES string of the molecule is Cc1ccnn1-c1ccc(C(=O)Nc2nc(-c3ccccc3OC(F)F)cs2)cc1. The molecule has 0 aliphatic carbocycles. The maximum absolute atomic E-state index is 12.6. The van der Waals surface area contributed by atoms with Crippen molar-refractivity contribution in [3.63, 3.8) is 0 Å². The Balaban J connectivity index is 1.49. The molecule has 4 rings (SSSR count). The van der Waals surface area contributed by atoms with Crippen molar-refractivity contribution in [1.82, 2.24) is 14.8 Å². The number of nitrogens with one attached hydrogen (secondary N) is 1. The van der Waals surface area contributed by atoms with E-state index in [1.165, 1.54) is 17.4 Å². The van der Waals surface area contributed by atoms with Gasteiger partial charge < -0.3 is 4.74 Å². The normalized spacial score (nSPS) is 10.9. The lowest BCUT2D eigenvalue weighted by molar-refractivity contribution is -0.0494. The highest BCUT2D eigenvalue weighted by Gasteiger charge is 2.15. The van der Waals surface area contributed by atoms with Crippen LogP contribution in [-0.4, -0.2) is 27.3 Å². The summed E-state index contributed by atoms with van der Waals surface area (Å²) < 4.78 is 31.6. The van der Waals surface area contributed by atoms with Crippen molar-refractivity contribution < 1.29 is 18.3 Å². The molecule has 0 fully saturated rings. The molecule has 0 aliphatic heterocycles. The fourth-order valence-corrected chi connectivity index (χ4v) is 3.60. The Morgan fingerprint density at radius 3 is 2.60 bits per heavy atom. The number of hydrogen-bond acceptors (Lipinski definition) is 5. The van der Waals surface area contributed by atoms with Crippen LogP contribution in [0, 0.1) is 6.92 Å². The van der Waals surface area contributed by atoms with Crippen LogP contribution >= 0.6 is 11.3 Å². The predicted molar refractivity (Wildman–Crippen MR) is 110 cm³/mol. The molecule has 0 aliphatic rings. The average molecular weight is 426 g/mol. The molecule has 2 heterocycles. The van der Waals surface area contributed by atoms with Crippen LogP contribution in [0.3, 0.4) is 0 Å². The van der Waals surface area contributed by atoms with Crippen LogP contribution in [-0.2, 0) is 0 Å². The lowest BCUT2D eigenvalue weighted by Crippen LogP contribution is -2.12. The lowest BCUT2D eigenvalue weighted by atomic mass is 10.1. The minimum atomic E-state index is -2.93. The molecule has 0 spiro atoms. The van der Waals surface area contributed by atoms with Crippen molar-refractivity contribution in [1.29, 1.82) is 0 Å². The third-order valence-corrected chi connectivity index (χ3v) is 5.07. The summed E-state index contributed by atoms with van der Waals surface area (Å²) in [6, 6.07) is 15.3. The molecule has 152 valence electrons. The maximum Gasteiger partial charge on any atom is 0.387 e. The van der Waals surface area contributed by atoms with Crippen molar-refractivity contribution in [2.45, 2.75) is 13.5 Å². The first-order valence-electron chi connectivity index (χ1n) is 8.93. The number of thiazole rings is 1. The van der Waals surface area contributed by atoms with Gasteiger partial charge in [0.1, 0.15) is 5.75 Å². The second-order valence-electron chi connectivity index (χ2n) is 6.30. The van der Waals surface area contributed by atoms with Gasteiger partial charge >= 0.3 is 6.61 Å². The second-order valence-corrected chi connectivity index (χ2v) is 7.16. The van der Waals surface area contributed by atoms with E-state index in [-0.39, 0.29) is 11.7 Å². The fraction of sp³-hybridized carbons (Fsp3) is 0.0952. The summed E-state index contributed by atoms with van der Waals surface area (Å²) in [6.45, 7) is -0.990. The van der Waals surface area contributed by atoms with E-state index in [9.17, 15) is 13.6 Å². The standard InChI is InChI=1S/C21H16F2N4O2S/c1-13-10-11-24-27(13)15-8-6-14(7-9-15)19(28)26-21-25-17(12-30-21)16-4-2-3-5-18(16)29-20(22)23/h2-12,20H,1H3,(H,25,26,28). The number of halogens is 2. The number of nitrogens with zero attached hydrogens (tertiary/aromatic N) is 3. The summed E-state index contributed by atoms with van der Waals surface area (Å²) >= 11 is 1.20. The van der Waals surface area contributed by atoms with Gasteiger partial charge in [-0.15, -0.1) is 11.3 Å². The predicted octanol–water partition coefficient (Wildman–Crippen LogP) is 5.16. The number of alkyl halides is 2. The molecule has 2 aromatic heterocycles. The van der Waals surface area contributed by atoms with Crippen LogP contribution in [0.15, 0.2) is 66.2 Å². The molecule has 30 heavy (non-hydrogen) atoms. The number of ether oxygens (including phenoxy) is 1.